The first-order valence-corrected chi connectivity index (χ1v) is 7.93. The number of hydrogen-bond acceptors (Lipinski definition) is 2. The maximum atomic E-state index is 12.5. The number of hydrogen-bond donors (Lipinski definition) is 2. The van der Waals surface area contributed by atoms with Crippen molar-refractivity contribution in [2.75, 3.05) is 13.1 Å². The topological polar surface area (TPSA) is 48.1 Å². The van der Waals surface area contributed by atoms with Crippen LogP contribution >= 0.6 is 0 Å². The van der Waals surface area contributed by atoms with Crippen molar-refractivity contribution in [2.24, 2.45) is 0 Å². The average molecular weight is 283 g/mol. The van der Waals surface area contributed by atoms with Gasteiger partial charge in [-0.2, -0.15) is 0 Å². The lowest BCUT2D eigenvalue weighted by Crippen LogP contribution is -2.46. The first-order valence-electron chi connectivity index (χ1n) is 7.93. The summed E-state index contributed by atoms with van der Waals surface area (Å²) in [5.41, 5.74) is 1.84. The van der Waals surface area contributed by atoms with Gasteiger partial charge in [0.2, 0.25) is 0 Å². The van der Waals surface area contributed by atoms with Crippen LogP contribution < -0.4 is 5.32 Å². The maximum absolute atomic E-state index is 12.5. The monoisotopic (exact) mass is 283 g/mol. The van der Waals surface area contributed by atoms with Crippen LogP contribution in [-0.4, -0.2) is 41.0 Å². The number of fused-ring (bicyclic) bond motifs is 2. The molecule has 1 amide bonds. The van der Waals surface area contributed by atoms with Gasteiger partial charge in [-0.1, -0.05) is 6.42 Å². The molecule has 21 heavy (non-hydrogen) atoms. The molecule has 4 nitrogen and oxygen atoms in total. The van der Waals surface area contributed by atoms with E-state index in [1.54, 1.807) is 0 Å². The molecule has 4 rings (SSSR count). The molecule has 0 aliphatic carbocycles. The number of aromatic amines is 1. The number of carbonyl (C=O) groups excluding carboxylic acids is 1. The molecule has 2 atom stereocenters. The van der Waals surface area contributed by atoms with Gasteiger partial charge in [-0.3, -0.25) is 9.69 Å². The summed E-state index contributed by atoms with van der Waals surface area (Å²) in [6, 6.07) is 8.73. The molecule has 2 saturated heterocycles. The summed E-state index contributed by atoms with van der Waals surface area (Å²) in [5, 5.41) is 4.35. The molecule has 2 aliphatic heterocycles. The van der Waals surface area contributed by atoms with Gasteiger partial charge in [0.1, 0.15) is 0 Å². The Morgan fingerprint density at radius 3 is 3.10 bits per heavy atom. The largest absolute Gasteiger partial charge is 0.361 e. The van der Waals surface area contributed by atoms with Crippen molar-refractivity contribution in [1.82, 2.24) is 15.2 Å². The Morgan fingerprint density at radius 2 is 2.14 bits per heavy atom. The Morgan fingerprint density at radius 1 is 1.19 bits per heavy atom. The Hall–Kier alpha value is -1.81. The first-order chi connectivity index (χ1) is 10.3. The van der Waals surface area contributed by atoms with E-state index in [-0.39, 0.29) is 5.91 Å². The van der Waals surface area contributed by atoms with Crippen molar-refractivity contribution in [3.8, 4) is 0 Å². The molecule has 2 aliphatic rings. The number of nitrogens with zero attached hydrogens (tertiary/aromatic N) is 1. The van der Waals surface area contributed by atoms with Crippen LogP contribution in [0.5, 0.6) is 0 Å². The smallest absolute Gasteiger partial charge is 0.251 e. The number of nitrogens with one attached hydrogen (secondary N) is 2. The molecule has 2 unspecified atom stereocenters. The molecule has 0 spiro atoms. The molecule has 0 radical (unpaired) electrons. The van der Waals surface area contributed by atoms with Gasteiger partial charge in [-0.25, -0.2) is 0 Å². The number of H-pyrrole nitrogens is 1. The number of amides is 1. The highest BCUT2D eigenvalue weighted by Crippen LogP contribution is 2.27. The molecule has 2 fully saturated rings. The minimum atomic E-state index is 0.0653. The van der Waals surface area contributed by atoms with Crippen molar-refractivity contribution >= 4 is 16.8 Å². The number of carbonyl (C=O) groups is 1. The van der Waals surface area contributed by atoms with Gasteiger partial charge in [0.05, 0.1) is 0 Å². The first kappa shape index (κ1) is 12.9. The molecule has 4 heteroatoms. The fourth-order valence-electron chi connectivity index (χ4n) is 3.86. The summed E-state index contributed by atoms with van der Waals surface area (Å²) in [4.78, 5) is 18.2. The van der Waals surface area contributed by atoms with Gasteiger partial charge in [0, 0.05) is 41.3 Å². The van der Waals surface area contributed by atoms with Crippen LogP contribution in [-0.2, 0) is 0 Å². The Kier molecular flexibility index (Phi) is 3.19. The predicted molar refractivity (Wildman–Crippen MR) is 83.4 cm³/mol. The van der Waals surface area contributed by atoms with E-state index in [0.717, 1.165) is 29.4 Å². The maximum Gasteiger partial charge on any atom is 0.251 e. The zero-order chi connectivity index (χ0) is 14.2. The number of piperidine rings is 1. The lowest BCUT2D eigenvalue weighted by molar-refractivity contribution is 0.0915. The van der Waals surface area contributed by atoms with Crippen LogP contribution in [0.15, 0.2) is 30.5 Å². The standard InChI is InChI=1S/C17H21N3O/c21-17(13-4-5-14-12(11-13)6-8-18-14)19-15-7-10-20-9-2-1-3-16(15)20/h4-6,8,11,15-16,18H,1-3,7,9-10H2,(H,19,21). The molecule has 3 heterocycles. The van der Waals surface area contributed by atoms with Gasteiger partial charge < -0.3 is 10.3 Å². The highest BCUT2D eigenvalue weighted by atomic mass is 16.1. The predicted octanol–water partition coefficient (Wildman–Crippen LogP) is 2.52. The van der Waals surface area contributed by atoms with Crippen molar-refractivity contribution < 1.29 is 4.79 Å². The summed E-state index contributed by atoms with van der Waals surface area (Å²) in [6.45, 7) is 2.33. The van der Waals surface area contributed by atoms with Gasteiger partial charge in [-0.15, -0.1) is 0 Å². The van der Waals surface area contributed by atoms with E-state index in [2.05, 4.69) is 15.2 Å². The fraction of sp³-hybridized carbons (Fsp3) is 0.471. The normalized spacial score (nSPS) is 25.9. The fourth-order valence-corrected chi connectivity index (χ4v) is 3.86. The van der Waals surface area contributed by atoms with E-state index in [1.807, 2.05) is 30.5 Å². The van der Waals surface area contributed by atoms with Gasteiger partial charge in [0.25, 0.3) is 5.91 Å². The molecule has 2 aromatic rings. The molecule has 0 saturated carbocycles. The molecular formula is C17H21N3O. The minimum absolute atomic E-state index is 0.0653. The quantitative estimate of drug-likeness (QED) is 0.889. The lowest BCUT2D eigenvalue weighted by atomic mass is 9.98. The van der Waals surface area contributed by atoms with E-state index in [1.165, 1.54) is 25.8 Å². The Bertz CT molecular complexity index is 663. The van der Waals surface area contributed by atoms with Crippen LogP contribution in [0.25, 0.3) is 10.9 Å². The summed E-state index contributed by atoms with van der Waals surface area (Å²) in [7, 11) is 0. The molecule has 110 valence electrons. The van der Waals surface area contributed by atoms with Crippen molar-refractivity contribution in [1.29, 1.82) is 0 Å². The van der Waals surface area contributed by atoms with Crippen molar-refractivity contribution in [3.63, 3.8) is 0 Å². The second kappa shape index (κ2) is 5.19. The average Bonchev–Trinajstić information content (AvgIpc) is 3.13. The Balaban J connectivity index is 1.50. The zero-order valence-electron chi connectivity index (χ0n) is 12.1. The third-order valence-corrected chi connectivity index (χ3v) is 4.99. The third-order valence-electron chi connectivity index (χ3n) is 4.99. The number of benzene rings is 1. The third kappa shape index (κ3) is 2.33. The van der Waals surface area contributed by atoms with Crippen LogP contribution in [0, 0.1) is 0 Å². The van der Waals surface area contributed by atoms with E-state index in [4.69, 9.17) is 0 Å². The van der Waals surface area contributed by atoms with Crippen molar-refractivity contribution in [2.45, 2.75) is 37.8 Å². The van der Waals surface area contributed by atoms with E-state index in [9.17, 15) is 4.79 Å². The molecular weight excluding hydrogens is 262 g/mol. The number of rotatable bonds is 2. The van der Waals surface area contributed by atoms with Crippen LogP contribution in [0.1, 0.15) is 36.0 Å². The molecule has 1 aromatic carbocycles. The van der Waals surface area contributed by atoms with Crippen molar-refractivity contribution in [3.05, 3.63) is 36.0 Å². The minimum Gasteiger partial charge on any atom is -0.361 e. The highest BCUT2D eigenvalue weighted by Gasteiger charge is 2.36. The zero-order valence-corrected chi connectivity index (χ0v) is 12.1. The van der Waals surface area contributed by atoms with Crippen LogP contribution in [0.2, 0.25) is 0 Å². The van der Waals surface area contributed by atoms with Gasteiger partial charge >= 0.3 is 0 Å². The molecule has 0 bridgehead atoms. The van der Waals surface area contributed by atoms with E-state index in [0.29, 0.717) is 12.1 Å². The SMILES string of the molecule is O=C(NC1CCN2CCCCC12)c1ccc2[nH]ccc2c1. The molecule has 2 N–H and O–H groups in total. The highest BCUT2D eigenvalue weighted by molar-refractivity contribution is 5.98. The second-order valence-corrected chi connectivity index (χ2v) is 6.25. The summed E-state index contributed by atoms with van der Waals surface area (Å²) in [6.07, 6.45) is 6.82. The lowest BCUT2D eigenvalue weighted by Gasteiger charge is -2.32. The second-order valence-electron chi connectivity index (χ2n) is 6.25. The summed E-state index contributed by atoms with van der Waals surface area (Å²) >= 11 is 0. The van der Waals surface area contributed by atoms with Crippen LogP contribution in [0.4, 0.5) is 0 Å². The van der Waals surface area contributed by atoms with E-state index >= 15 is 0 Å². The van der Waals surface area contributed by atoms with Crippen LogP contribution in [0.3, 0.4) is 0 Å². The van der Waals surface area contributed by atoms with Gasteiger partial charge in [-0.05, 0) is 50.1 Å². The van der Waals surface area contributed by atoms with Gasteiger partial charge in [0.15, 0.2) is 0 Å². The summed E-state index contributed by atoms with van der Waals surface area (Å²) < 4.78 is 0. The summed E-state index contributed by atoms with van der Waals surface area (Å²) in [5.74, 6) is 0.0653. The molecule has 1 aromatic heterocycles. The number of aromatic nitrogens is 1. The van der Waals surface area contributed by atoms with E-state index < -0.39 is 0 Å². The Labute approximate surface area is 124 Å².